The first-order chi connectivity index (χ1) is 9.20. The molecule has 0 bridgehead atoms. The number of hydrogen-bond donors (Lipinski definition) is 1. The van der Waals surface area contributed by atoms with Gasteiger partial charge < -0.3 is 10.0 Å². The van der Waals surface area contributed by atoms with Crippen LogP contribution in [0.1, 0.15) is 31.2 Å². The lowest BCUT2D eigenvalue weighted by molar-refractivity contribution is -0.131. The molecular formula is C15H20BrNO2. The summed E-state index contributed by atoms with van der Waals surface area (Å²) in [4.78, 5) is 14.4. The lowest BCUT2D eigenvalue weighted by Gasteiger charge is -2.24. The Kier molecular flexibility index (Phi) is 5.25. The van der Waals surface area contributed by atoms with Crippen molar-refractivity contribution in [3.63, 3.8) is 0 Å². The third-order valence-electron chi connectivity index (χ3n) is 3.63. The van der Waals surface area contributed by atoms with Crippen molar-refractivity contribution in [2.75, 3.05) is 11.9 Å². The highest BCUT2D eigenvalue weighted by molar-refractivity contribution is 9.09. The molecule has 1 aromatic rings. The SMILES string of the molecule is O=C(Cc1cccc(O)c1)N1CCCC1CCCBr. The van der Waals surface area contributed by atoms with Gasteiger partial charge >= 0.3 is 0 Å². The van der Waals surface area contributed by atoms with Crippen molar-refractivity contribution in [2.45, 2.75) is 38.1 Å². The number of aromatic hydroxyl groups is 1. The van der Waals surface area contributed by atoms with E-state index in [0.29, 0.717) is 12.5 Å². The Morgan fingerprint density at radius 3 is 3.05 bits per heavy atom. The number of nitrogens with zero attached hydrogens (tertiary/aromatic N) is 1. The van der Waals surface area contributed by atoms with Gasteiger partial charge in [-0.15, -0.1) is 0 Å². The second kappa shape index (κ2) is 6.94. The Morgan fingerprint density at radius 1 is 1.47 bits per heavy atom. The minimum Gasteiger partial charge on any atom is -0.508 e. The van der Waals surface area contributed by atoms with Gasteiger partial charge in [0.05, 0.1) is 6.42 Å². The average Bonchev–Trinajstić information content (AvgIpc) is 2.84. The Bertz CT molecular complexity index is 436. The summed E-state index contributed by atoms with van der Waals surface area (Å²) in [5, 5.41) is 10.4. The molecule has 19 heavy (non-hydrogen) atoms. The van der Waals surface area contributed by atoms with E-state index in [2.05, 4.69) is 15.9 Å². The zero-order valence-electron chi connectivity index (χ0n) is 11.0. The molecule has 0 spiro atoms. The van der Waals surface area contributed by atoms with Gasteiger partial charge in [-0.2, -0.15) is 0 Å². The van der Waals surface area contributed by atoms with Crippen molar-refractivity contribution in [2.24, 2.45) is 0 Å². The molecule has 1 saturated heterocycles. The van der Waals surface area contributed by atoms with E-state index >= 15 is 0 Å². The smallest absolute Gasteiger partial charge is 0.227 e. The first kappa shape index (κ1) is 14.4. The first-order valence-corrected chi connectivity index (χ1v) is 7.96. The van der Waals surface area contributed by atoms with Crippen LogP contribution in [0.5, 0.6) is 5.75 Å². The third kappa shape index (κ3) is 3.96. The highest BCUT2D eigenvalue weighted by Gasteiger charge is 2.27. The largest absolute Gasteiger partial charge is 0.508 e. The lowest BCUT2D eigenvalue weighted by Crippen LogP contribution is -2.36. The molecule has 1 unspecified atom stereocenters. The number of likely N-dealkylation sites (tertiary alicyclic amines) is 1. The molecule has 1 aliphatic rings. The Morgan fingerprint density at radius 2 is 2.32 bits per heavy atom. The van der Waals surface area contributed by atoms with E-state index in [4.69, 9.17) is 0 Å². The molecule has 1 aromatic carbocycles. The molecule has 104 valence electrons. The summed E-state index contributed by atoms with van der Waals surface area (Å²) in [6.07, 6.45) is 4.81. The van der Waals surface area contributed by atoms with Crippen LogP contribution in [0, 0.1) is 0 Å². The lowest BCUT2D eigenvalue weighted by atomic mass is 10.1. The van der Waals surface area contributed by atoms with Gasteiger partial charge in [-0.1, -0.05) is 28.1 Å². The first-order valence-electron chi connectivity index (χ1n) is 6.84. The van der Waals surface area contributed by atoms with Gasteiger partial charge in [-0.25, -0.2) is 0 Å². The van der Waals surface area contributed by atoms with Gasteiger partial charge in [-0.05, 0) is 43.4 Å². The van der Waals surface area contributed by atoms with Crippen LogP contribution in [0.2, 0.25) is 0 Å². The average molecular weight is 326 g/mol. The van der Waals surface area contributed by atoms with E-state index in [9.17, 15) is 9.90 Å². The van der Waals surface area contributed by atoms with Crippen molar-refractivity contribution in [3.8, 4) is 5.75 Å². The summed E-state index contributed by atoms with van der Waals surface area (Å²) >= 11 is 3.44. The fourth-order valence-electron chi connectivity index (χ4n) is 2.72. The predicted octanol–water partition coefficient (Wildman–Crippen LogP) is 3.10. The van der Waals surface area contributed by atoms with Crippen molar-refractivity contribution in [3.05, 3.63) is 29.8 Å². The van der Waals surface area contributed by atoms with Crippen LogP contribution in [0.25, 0.3) is 0 Å². The summed E-state index contributed by atoms with van der Waals surface area (Å²) in [7, 11) is 0. The molecule has 3 nitrogen and oxygen atoms in total. The van der Waals surface area contributed by atoms with Gasteiger partial charge in [0.2, 0.25) is 5.91 Å². The Labute approximate surface area is 122 Å². The molecule has 1 amide bonds. The van der Waals surface area contributed by atoms with Crippen LogP contribution in [0.3, 0.4) is 0 Å². The number of halogens is 1. The monoisotopic (exact) mass is 325 g/mol. The molecule has 0 saturated carbocycles. The molecule has 1 fully saturated rings. The standard InChI is InChI=1S/C15H20BrNO2/c16-8-2-5-13-6-3-9-17(13)15(19)11-12-4-1-7-14(18)10-12/h1,4,7,10,13,18H,2-3,5-6,8-9,11H2. The molecule has 1 N–H and O–H groups in total. The summed E-state index contributed by atoms with van der Waals surface area (Å²) in [6.45, 7) is 0.880. The summed E-state index contributed by atoms with van der Waals surface area (Å²) < 4.78 is 0. The molecule has 1 atom stereocenters. The number of carbonyl (C=O) groups is 1. The number of carbonyl (C=O) groups excluding carboxylic acids is 1. The number of hydrogen-bond acceptors (Lipinski definition) is 2. The normalized spacial score (nSPS) is 18.8. The van der Waals surface area contributed by atoms with Crippen LogP contribution in [-0.2, 0) is 11.2 Å². The number of rotatable bonds is 5. The molecular weight excluding hydrogens is 306 g/mol. The maximum Gasteiger partial charge on any atom is 0.227 e. The summed E-state index contributed by atoms with van der Waals surface area (Å²) in [5.41, 5.74) is 0.885. The van der Waals surface area contributed by atoms with E-state index in [1.165, 1.54) is 0 Å². The third-order valence-corrected chi connectivity index (χ3v) is 4.20. The topological polar surface area (TPSA) is 40.5 Å². The molecule has 0 radical (unpaired) electrons. The molecule has 1 aliphatic heterocycles. The highest BCUT2D eigenvalue weighted by atomic mass is 79.9. The number of phenols is 1. The number of benzene rings is 1. The summed E-state index contributed by atoms with van der Waals surface area (Å²) in [5.74, 6) is 0.408. The fourth-order valence-corrected chi connectivity index (χ4v) is 3.04. The van der Waals surface area contributed by atoms with E-state index in [1.54, 1.807) is 18.2 Å². The number of alkyl halides is 1. The fraction of sp³-hybridized carbons (Fsp3) is 0.533. The van der Waals surface area contributed by atoms with Crippen molar-refractivity contribution in [1.29, 1.82) is 0 Å². The Balaban J connectivity index is 1.95. The van der Waals surface area contributed by atoms with Gasteiger partial charge in [0, 0.05) is 17.9 Å². The minimum absolute atomic E-state index is 0.183. The maximum absolute atomic E-state index is 12.3. The zero-order valence-corrected chi connectivity index (χ0v) is 12.6. The van der Waals surface area contributed by atoms with Crippen molar-refractivity contribution < 1.29 is 9.90 Å². The van der Waals surface area contributed by atoms with Crippen LogP contribution in [0.15, 0.2) is 24.3 Å². The van der Waals surface area contributed by atoms with E-state index < -0.39 is 0 Å². The van der Waals surface area contributed by atoms with E-state index in [1.807, 2.05) is 11.0 Å². The number of amides is 1. The Hall–Kier alpha value is -1.03. The second-order valence-corrected chi connectivity index (χ2v) is 5.85. The van der Waals surface area contributed by atoms with E-state index in [-0.39, 0.29) is 11.7 Å². The minimum atomic E-state index is 0.183. The van der Waals surface area contributed by atoms with Gasteiger partial charge in [0.25, 0.3) is 0 Å². The van der Waals surface area contributed by atoms with E-state index in [0.717, 1.165) is 43.1 Å². The molecule has 0 aromatic heterocycles. The summed E-state index contributed by atoms with van der Waals surface area (Å²) in [6, 6.07) is 7.37. The molecule has 4 heteroatoms. The highest BCUT2D eigenvalue weighted by Crippen LogP contribution is 2.23. The quantitative estimate of drug-likeness (QED) is 0.845. The van der Waals surface area contributed by atoms with Crippen LogP contribution in [0.4, 0.5) is 0 Å². The predicted molar refractivity (Wildman–Crippen MR) is 79.6 cm³/mol. The zero-order chi connectivity index (χ0) is 13.7. The van der Waals surface area contributed by atoms with Gasteiger partial charge in [-0.3, -0.25) is 4.79 Å². The second-order valence-electron chi connectivity index (χ2n) is 5.06. The van der Waals surface area contributed by atoms with Gasteiger partial charge in [0.1, 0.15) is 5.75 Å². The molecule has 0 aliphatic carbocycles. The van der Waals surface area contributed by atoms with Crippen LogP contribution < -0.4 is 0 Å². The van der Waals surface area contributed by atoms with Crippen molar-refractivity contribution in [1.82, 2.24) is 4.90 Å². The van der Waals surface area contributed by atoms with Crippen molar-refractivity contribution >= 4 is 21.8 Å². The van der Waals surface area contributed by atoms with Gasteiger partial charge in [0.15, 0.2) is 0 Å². The maximum atomic E-state index is 12.3. The number of phenolic OH excluding ortho intramolecular Hbond substituents is 1. The van der Waals surface area contributed by atoms with Crippen LogP contribution in [-0.4, -0.2) is 33.8 Å². The van der Waals surface area contributed by atoms with Crippen LogP contribution >= 0.6 is 15.9 Å². The molecule has 1 heterocycles. The molecule has 2 rings (SSSR count).